The van der Waals surface area contributed by atoms with E-state index in [0.29, 0.717) is 24.4 Å². The van der Waals surface area contributed by atoms with Gasteiger partial charge in [-0.3, -0.25) is 4.79 Å². The molecule has 10 rings (SSSR count). The first-order valence-electron chi connectivity index (χ1n) is 23.8. The average molecular weight is 879 g/mol. The fourth-order valence-corrected chi connectivity index (χ4v) is 21.8. The normalized spacial score (nSPS) is 27.6. The van der Waals surface area contributed by atoms with Crippen molar-refractivity contribution in [3.05, 3.63) is 194 Å². The lowest BCUT2D eigenvalue weighted by Crippen LogP contribution is -2.71. The predicted octanol–water partition coefficient (Wildman–Crippen LogP) is 8.84. The second-order valence-electron chi connectivity index (χ2n) is 19.5. The van der Waals surface area contributed by atoms with Crippen molar-refractivity contribution in [2.24, 2.45) is 34.5 Å². The van der Waals surface area contributed by atoms with Gasteiger partial charge in [0.25, 0.3) is 16.6 Å². The second-order valence-corrected chi connectivity index (χ2v) is 26.2. The van der Waals surface area contributed by atoms with Crippen LogP contribution in [0.15, 0.2) is 194 Å². The number of esters is 1. The lowest BCUT2D eigenvalue weighted by molar-refractivity contribution is -0.154. The number of carbonyl (C=O) groups is 1. The zero-order valence-electron chi connectivity index (χ0n) is 37.7. The molecule has 8 atom stereocenters. The molecule has 0 aliphatic heterocycles. The highest BCUT2D eigenvalue weighted by atomic mass is 28.4. The first kappa shape index (κ1) is 42.8. The molecule has 0 spiro atoms. The van der Waals surface area contributed by atoms with Crippen molar-refractivity contribution in [3.63, 3.8) is 0 Å². The van der Waals surface area contributed by atoms with Crippen molar-refractivity contribution in [3.8, 4) is 0 Å². The molecule has 4 aliphatic carbocycles. The Kier molecular flexibility index (Phi) is 11.8. The Morgan fingerprint density at radius 1 is 0.562 bits per heavy atom. The van der Waals surface area contributed by atoms with E-state index in [1.807, 2.05) is 0 Å². The third-order valence-corrected chi connectivity index (χ3v) is 24.6. The monoisotopic (exact) mass is 878 g/mol. The largest absolute Gasteiger partial charge is 0.465 e. The van der Waals surface area contributed by atoms with Crippen molar-refractivity contribution in [1.82, 2.24) is 0 Å². The van der Waals surface area contributed by atoms with Crippen molar-refractivity contribution in [2.75, 3.05) is 6.61 Å². The van der Waals surface area contributed by atoms with Gasteiger partial charge in [0.2, 0.25) is 0 Å². The lowest BCUT2D eigenvalue weighted by atomic mass is 9.45. The standard InChI is InChI=1S/C58H62O4Si2/c1-43-40-46(61-63(47-22-10-4-11-23-47,48-24-12-5-13-25-48)49-26-14-6-15-27-49)41-45-34-35-53-54-36-37-56(57(54,3)39-38-55(53)58(43,45)42-60-44(2)59)62-64(50-28-16-7-17-29-50,51-30-18-8-19-31-51)52-32-20-9-21-33-52/h4-33,41,43,46,53-56H,34-40,42H2,1-3H3/t43?,46?,53-,54-,55+,56?,57-,58-/m0/s1. The molecule has 326 valence electrons. The Hall–Kier alpha value is -5.12. The first-order valence-corrected chi connectivity index (χ1v) is 27.6. The van der Waals surface area contributed by atoms with E-state index in [2.05, 4.69) is 202 Å². The molecule has 0 bridgehead atoms. The molecule has 3 fully saturated rings. The number of hydrogen-bond donors (Lipinski definition) is 0. The minimum absolute atomic E-state index is 0.0252. The summed E-state index contributed by atoms with van der Waals surface area (Å²) in [6.07, 6.45) is 9.99. The Morgan fingerprint density at radius 2 is 0.984 bits per heavy atom. The van der Waals surface area contributed by atoms with Gasteiger partial charge in [-0.05, 0) is 105 Å². The van der Waals surface area contributed by atoms with Crippen LogP contribution in [0.2, 0.25) is 0 Å². The van der Waals surface area contributed by atoms with Gasteiger partial charge in [-0.2, -0.15) is 0 Å². The number of carbonyl (C=O) groups excluding carboxylic acids is 1. The van der Waals surface area contributed by atoms with Gasteiger partial charge in [-0.25, -0.2) is 0 Å². The van der Waals surface area contributed by atoms with E-state index in [1.54, 1.807) is 6.92 Å². The van der Waals surface area contributed by atoms with Crippen LogP contribution in [-0.2, 0) is 18.4 Å². The molecule has 0 amide bonds. The van der Waals surface area contributed by atoms with Crippen molar-refractivity contribution >= 4 is 53.7 Å². The van der Waals surface area contributed by atoms with E-state index in [-0.39, 0.29) is 34.9 Å². The maximum atomic E-state index is 12.8. The summed E-state index contributed by atoms with van der Waals surface area (Å²) < 4.78 is 22.2. The van der Waals surface area contributed by atoms with Crippen LogP contribution in [0.4, 0.5) is 0 Å². The fraction of sp³-hybridized carbons (Fsp3) is 0.328. The van der Waals surface area contributed by atoms with Crippen LogP contribution < -0.4 is 31.1 Å². The summed E-state index contributed by atoms with van der Waals surface area (Å²) >= 11 is 0. The Morgan fingerprint density at radius 3 is 1.41 bits per heavy atom. The molecule has 0 N–H and O–H groups in total. The SMILES string of the molecule is CC(=O)OC[C@@]12C(=CC(O[Si](c3ccccc3)(c3ccccc3)c3ccccc3)CC1C)CC[C@@H]1[C@H]2CC[C@]2(C)C(O[Si](c3ccccc3)(c3ccccc3)c3ccccc3)CC[C@@H]12. The van der Waals surface area contributed by atoms with Gasteiger partial charge in [0.1, 0.15) is 6.61 Å². The van der Waals surface area contributed by atoms with Gasteiger partial charge in [0, 0.05) is 12.3 Å². The van der Waals surface area contributed by atoms with Crippen molar-refractivity contribution in [1.29, 1.82) is 0 Å². The molecule has 0 aromatic heterocycles. The van der Waals surface area contributed by atoms with E-state index in [0.717, 1.165) is 44.9 Å². The highest BCUT2D eigenvalue weighted by molar-refractivity contribution is 7.07. The van der Waals surface area contributed by atoms with E-state index < -0.39 is 16.6 Å². The molecule has 6 heteroatoms. The van der Waals surface area contributed by atoms with Gasteiger partial charge in [-0.1, -0.05) is 207 Å². The van der Waals surface area contributed by atoms with Gasteiger partial charge in [0.15, 0.2) is 0 Å². The summed E-state index contributed by atoms with van der Waals surface area (Å²) in [5, 5.41) is 7.65. The van der Waals surface area contributed by atoms with E-state index in [9.17, 15) is 4.79 Å². The Bertz CT molecular complexity index is 2340. The van der Waals surface area contributed by atoms with Crippen molar-refractivity contribution < 1.29 is 18.4 Å². The summed E-state index contributed by atoms with van der Waals surface area (Å²) in [7, 11) is -5.88. The van der Waals surface area contributed by atoms with Crippen LogP contribution >= 0.6 is 0 Å². The molecule has 3 unspecified atom stereocenters. The molecular weight excluding hydrogens is 817 g/mol. The van der Waals surface area contributed by atoms with Crippen LogP contribution in [0.1, 0.15) is 65.7 Å². The van der Waals surface area contributed by atoms with Crippen LogP contribution in [-0.4, -0.2) is 41.4 Å². The fourth-order valence-electron chi connectivity index (χ4n) is 13.6. The van der Waals surface area contributed by atoms with E-state index in [1.165, 1.54) is 36.7 Å². The van der Waals surface area contributed by atoms with Crippen LogP contribution in [0, 0.1) is 34.5 Å². The predicted molar refractivity (Wildman–Crippen MR) is 265 cm³/mol. The third-order valence-electron chi connectivity index (χ3n) is 16.5. The molecule has 64 heavy (non-hydrogen) atoms. The number of rotatable bonds is 12. The van der Waals surface area contributed by atoms with Gasteiger partial charge in [-0.15, -0.1) is 0 Å². The molecule has 0 radical (unpaired) electrons. The molecule has 6 aromatic carbocycles. The summed E-state index contributed by atoms with van der Waals surface area (Å²) in [4.78, 5) is 12.8. The number of benzene rings is 6. The molecular formula is C58H62O4Si2. The molecule has 0 saturated heterocycles. The van der Waals surface area contributed by atoms with E-state index in [4.69, 9.17) is 13.6 Å². The Balaban J connectivity index is 1.01. The summed E-state index contributed by atoms with van der Waals surface area (Å²) in [6.45, 7) is 7.04. The molecule has 6 aromatic rings. The zero-order valence-corrected chi connectivity index (χ0v) is 39.7. The maximum Gasteiger partial charge on any atom is 0.302 e. The van der Waals surface area contributed by atoms with Gasteiger partial charge in [0.05, 0.1) is 12.2 Å². The number of hydrogen-bond acceptors (Lipinski definition) is 4. The maximum absolute atomic E-state index is 12.8. The molecule has 4 aliphatic rings. The molecule has 3 saturated carbocycles. The second kappa shape index (κ2) is 17.7. The number of ether oxygens (including phenoxy) is 1. The van der Waals surface area contributed by atoms with Crippen LogP contribution in [0.3, 0.4) is 0 Å². The Labute approximate surface area is 383 Å². The summed E-state index contributed by atoms with van der Waals surface area (Å²) in [5.41, 5.74) is 1.24. The number of fused-ring (bicyclic) bond motifs is 5. The minimum atomic E-state index is -2.96. The van der Waals surface area contributed by atoms with Crippen LogP contribution in [0.25, 0.3) is 0 Å². The minimum Gasteiger partial charge on any atom is -0.465 e. The van der Waals surface area contributed by atoms with Crippen molar-refractivity contribution in [2.45, 2.75) is 77.9 Å². The lowest BCUT2D eigenvalue weighted by Gasteiger charge is -2.61. The topological polar surface area (TPSA) is 44.8 Å². The average Bonchev–Trinajstić information content (AvgIpc) is 3.68. The molecule has 4 nitrogen and oxygen atoms in total. The van der Waals surface area contributed by atoms with Crippen LogP contribution in [0.5, 0.6) is 0 Å². The van der Waals surface area contributed by atoms with E-state index >= 15 is 0 Å². The highest BCUT2D eigenvalue weighted by Gasteiger charge is 2.64. The molecule has 0 heterocycles. The third kappa shape index (κ3) is 7.22. The summed E-state index contributed by atoms with van der Waals surface area (Å²) in [5.74, 6) is 1.53. The summed E-state index contributed by atoms with van der Waals surface area (Å²) in [6, 6.07) is 66.1. The zero-order chi connectivity index (χ0) is 43.8. The van der Waals surface area contributed by atoms with Gasteiger partial charge < -0.3 is 13.6 Å². The smallest absolute Gasteiger partial charge is 0.302 e. The highest BCUT2D eigenvalue weighted by Crippen LogP contribution is 2.67. The van der Waals surface area contributed by atoms with Gasteiger partial charge >= 0.3 is 5.97 Å². The quantitative estimate of drug-likeness (QED) is 0.0534. The first-order chi connectivity index (χ1) is 31.3.